The molecule has 0 rings (SSSR count). The normalized spacial score (nSPS) is 12.0. The van der Waals surface area contributed by atoms with Crippen molar-refractivity contribution in [3.8, 4) is 0 Å². The van der Waals surface area contributed by atoms with Crippen LogP contribution >= 0.6 is 21.8 Å². The molecule has 0 bridgehead atoms. The second-order valence-electron chi connectivity index (χ2n) is 3.46. The molecular formula is C10H23IO2Si. The Balaban J connectivity index is 3.89. The van der Waals surface area contributed by atoms with E-state index in [9.17, 15) is 0 Å². The molecule has 14 heavy (non-hydrogen) atoms. The Morgan fingerprint density at radius 3 is 1.79 bits per heavy atom. The highest BCUT2D eigenvalue weighted by atomic mass is 127. The lowest BCUT2D eigenvalue weighted by atomic mass is 10.4. The van der Waals surface area contributed by atoms with Crippen LogP contribution in [-0.2, 0) is 8.85 Å². The van der Waals surface area contributed by atoms with E-state index >= 15 is 0 Å². The van der Waals surface area contributed by atoms with Crippen LogP contribution in [-0.4, -0.2) is 19.3 Å². The Kier molecular flexibility index (Phi) is 9.68. The fraction of sp³-hybridized carbons (Fsp3) is 1.00. The largest absolute Gasteiger partial charge is 0.407 e. The van der Waals surface area contributed by atoms with Gasteiger partial charge in [-0.2, -0.15) is 0 Å². The lowest BCUT2D eigenvalue weighted by Gasteiger charge is -2.24. The Labute approximate surface area is 102 Å². The molecule has 0 N–H and O–H groups in total. The Bertz CT molecular complexity index is 112. The van der Waals surface area contributed by atoms with Crippen LogP contribution in [0.1, 0.15) is 46.5 Å². The summed E-state index contributed by atoms with van der Waals surface area (Å²) in [4.78, 5) is 0. The summed E-state index contributed by atoms with van der Waals surface area (Å²) < 4.78 is 11.8. The van der Waals surface area contributed by atoms with Crippen molar-refractivity contribution in [1.82, 2.24) is 0 Å². The van der Waals surface area contributed by atoms with Gasteiger partial charge in [-0.05, 0) is 34.6 Å². The third kappa shape index (κ3) is 7.20. The molecule has 0 fully saturated rings. The van der Waals surface area contributed by atoms with Crippen LogP contribution in [0.3, 0.4) is 0 Å². The van der Waals surface area contributed by atoms with Crippen LogP contribution in [0.25, 0.3) is 0 Å². The van der Waals surface area contributed by atoms with E-state index in [4.69, 9.17) is 8.85 Å². The molecular weight excluding hydrogens is 307 g/mol. The van der Waals surface area contributed by atoms with Gasteiger partial charge in [0.2, 0.25) is 0 Å². The lowest BCUT2D eigenvalue weighted by Crippen LogP contribution is -2.35. The molecule has 0 aromatic rings. The van der Waals surface area contributed by atoms with E-state index < -0.39 is 6.06 Å². The first-order chi connectivity index (χ1) is 6.68. The average molecular weight is 330 g/mol. The minimum absolute atomic E-state index is 0.850. The van der Waals surface area contributed by atoms with E-state index in [1.807, 2.05) is 0 Å². The summed E-state index contributed by atoms with van der Waals surface area (Å²) in [6.07, 6.45) is 4.62. The van der Waals surface area contributed by atoms with Gasteiger partial charge in [-0.25, -0.2) is 0 Å². The molecule has 0 unspecified atom stereocenters. The fourth-order valence-electron chi connectivity index (χ4n) is 1.08. The highest BCUT2D eigenvalue weighted by Gasteiger charge is 2.33. The van der Waals surface area contributed by atoms with Gasteiger partial charge in [0, 0.05) is 19.3 Å². The molecule has 0 aliphatic carbocycles. The van der Waals surface area contributed by atoms with E-state index in [2.05, 4.69) is 42.6 Å². The molecule has 0 aromatic heterocycles. The smallest absolute Gasteiger partial charge is 0.387 e. The van der Waals surface area contributed by atoms with Gasteiger partial charge in [-0.1, -0.05) is 33.6 Å². The summed E-state index contributed by atoms with van der Waals surface area (Å²) in [5, 5.41) is 0. The third-order valence-electron chi connectivity index (χ3n) is 1.87. The maximum atomic E-state index is 5.89. The SMILES string of the molecule is CCCC[Si](I)(OCCC)OCCC. The summed E-state index contributed by atoms with van der Waals surface area (Å²) in [7, 11) is 0. The van der Waals surface area contributed by atoms with Crippen molar-refractivity contribution in [3.63, 3.8) is 0 Å². The fourth-order valence-corrected chi connectivity index (χ4v) is 5.71. The monoisotopic (exact) mass is 330 g/mol. The average Bonchev–Trinajstić information content (AvgIpc) is 2.21. The third-order valence-corrected chi connectivity index (χ3v) is 7.58. The zero-order valence-electron chi connectivity index (χ0n) is 9.64. The molecule has 0 saturated heterocycles. The number of hydrogen-bond acceptors (Lipinski definition) is 2. The molecule has 0 heterocycles. The minimum Gasteiger partial charge on any atom is -0.387 e. The summed E-state index contributed by atoms with van der Waals surface area (Å²) in [6.45, 7) is 8.20. The number of unbranched alkanes of at least 4 members (excludes halogenated alkanes) is 1. The second-order valence-corrected chi connectivity index (χ2v) is 10.8. The maximum absolute atomic E-state index is 5.89. The molecule has 0 atom stereocenters. The van der Waals surface area contributed by atoms with E-state index in [1.54, 1.807) is 0 Å². The van der Waals surface area contributed by atoms with E-state index in [0.717, 1.165) is 32.1 Å². The van der Waals surface area contributed by atoms with Crippen molar-refractivity contribution in [2.45, 2.75) is 52.5 Å². The summed E-state index contributed by atoms with van der Waals surface area (Å²) >= 11 is 2.44. The van der Waals surface area contributed by atoms with Crippen molar-refractivity contribution < 1.29 is 8.85 Å². The molecule has 0 spiro atoms. The summed E-state index contributed by atoms with van der Waals surface area (Å²) in [5.74, 6) is 0. The van der Waals surface area contributed by atoms with Crippen molar-refractivity contribution in [3.05, 3.63) is 0 Å². The highest BCUT2D eigenvalue weighted by Crippen LogP contribution is 2.25. The van der Waals surface area contributed by atoms with E-state index in [-0.39, 0.29) is 0 Å². The van der Waals surface area contributed by atoms with Gasteiger partial charge in [0.1, 0.15) is 0 Å². The van der Waals surface area contributed by atoms with Gasteiger partial charge in [0.05, 0.1) is 0 Å². The highest BCUT2D eigenvalue weighted by molar-refractivity contribution is 14.1. The van der Waals surface area contributed by atoms with Crippen LogP contribution in [0.5, 0.6) is 0 Å². The first kappa shape index (κ1) is 14.9. The zero-order chi connectivity index (χ0) is 10.9. The van der Waals surface area contributed by atoms with Crippen LogP contribution in [0, 0.1) is 0 Å². The Morgan fingerprint density at radius 2 is 1.43 bits per heavy atom. The molecule has 0 saturated carbocycles. The minimum atomic E-state index is -1.84. The van der Waals surface area contributed by atoms with Gasteiger partial charge in [0.25, 0.3) is 0 Å². The number of rotatable bonds is 9. The summed E-state index contributed by atoms with van der Waals surface area (Å²) in [5.41, 5.74) is 0. The Hall–Kier alpha value is 0.867. The topological polar surface area (TPSA) is 18.5 Å². The molecule has 2 nitrogen and oxygen atoms in total. The molecule has 0 aromatic carbocycles. The molecule has 0 aliphatic rings. The van der Waals surface area contributed by atoms with Crippen LogP contribution < -0.4 is 0 Å². The van der Waals surface area contributed by atoms with E-state index in [1.165, 1.54) is 12.8 Å². The molecule has 86 valence electrons. The maximum Gasteiger partial charge on any atom is 0.407 e. The van der Waals surface area contributed by atoms with Crippen LogP contribution in [0.4, 0.5) is 0 Å². The molecule has 0 radical (unpaired) electrons. The predicted molar refractivity (Wildman–Crippen MR) is 72.0 cm³/mol. The standard InChI is InChI=1S/C10H23IO2Si/c1-4-7-10-14(11,12-8-5-2)13-9-6-3/h4-10H2,1-3H3. The van der Waals surface area contributed by atoms with E-state index in [0.29, 0.717) is 0 Å². The molecule has 4 heteroatoms. The van der Waals surface area contributed by atoms with Crippen molar-refractivity contribution in [1.29, 1.82) is 0 Å². The van der Waals surface area contributed by atoms with Crippen LogP contribution in [0.2, 0.25) is 6.04 Å². The van der Waals surface area contributed by atoms with Gasteiger partial charge in [-0.15, -0.1) is 0 Å². The first-order valence-electron chi connectivity index (χ1n) is 5.65. The van der Waals surface area contributed by atoms with Gasteiger partial charge >= 0.3 is 6.06 Å². The number of hydrogen-bond donors (Lipinski definition) is 0. The quantitative estimate of drug-likeness (QED) is 0.361. The summed E-state index contributed by atoms with van der Waals surface area (Å²) in [6, 6.07) is -0.713. The van der Waals surface area contributed by atoms with Crippen LogP contribution in [0.15, 0.2) is 0 Å². The van der Waals surface area contributed by atoms with Crippen molar-refractivity contribution >= 4 is 27.9 Å². The Morgan fingerprint density at radius 1 is 0.929 bits per heavy atom. The lowest BCUT2D eigenvalue weighted by molar-refractivity contribution is 0.192. The number of halogens is 1. The van der Waals surface area contributed by atoms with Gasteiger partial charge < -0.3 is 8.85 Å². The van der Waals surface area contributed by atoms with Crippen molar-refractivity contribution in [2.75, 3.05) is 13.2 Å². The predicted octanol–water partition coefficient (Wildman–Crippen LogP) is 4.01. The molecule has 0 aliphatic heterocycles. The zero-order valence-corrected chi connectivity index (χ0v) is 12.8. The van der Waals surface area contributed by atoms with Gasteiger partial charge in [0.15, 0.2) is 0 Å². The van der Waals surface area contributed by atoms with Crippen molar-refractivity contribution in [2.24, 2.45) is 0 Å². The first-order valence-corrected chi connectivity index (χ1v) is 10.8. The molecule has 0 amide bonds. The van der Waals surface area contributed by atoms with Gasteiger partial charge in [-0.3, -0.25) is 0 Å². The second kappa shape index (κ2) is 9.12.